The third-order valence-electron chi connectivity index (χ3n) is 0. The number of hydrogen-bond donors (Lipinski definition) is 0. The van der Waals surface area contributed by atoms with E-state index in [1.165, 1.54) is 4.79 Å². The van der Waals surface area contributed by atoms with E-state index in [1.54, 1.807) is 0 Å². The van der Waals surface area contributed by atoms with Gasteiger partial charge in [-0.1, -0.05) is 0 Å². The van der Waals surface area contributed by atoms with Gasteiger partial charge in [0.1, 0.15) is 0 Å². The van der Waals surface area contributed by atoms with E-state index < -0.39 is 0 Å². The molecule has 1 radical (unpaired) electrons. The van der Waals surface area contributed by atoms with Crippen LogP contribution in [0.4, 0.5) is 0 Å². The van der Waals surface area contributed by atoms with E-state index in [0.717, 1.165) is 0 Å². The second-order valence-electron chi connectivity index (χ2n) is 0.0722. The normalized spacial score (nSPS) is 2.25. The maximum Gasteiger partial charge on any atom is 0 e. The standard InChI is InChI=1S/CO.Cu.Fe/c1-2;;. The van der Waals surface area contributed by atoms with Crippen LogP contribution in [0.25, 0.3) is 0 Å². The third kappa shape index (κ3) is 17.9. The first-order chi connectivity index (χ1) is 1.41. The largest absolute Gasteiger partial charge is 0 e. The fourth-order valence-corrected chi connectivity index (χ4v) is 0. The van der Waals surface area contributed by atoms with Crippen LogP contribution in [0, 0.1) is 0 Å². The van der Waals surface area contributed by atoms with Gasteiger partial charge in [0.05, 0.1) is 0 Å². The fraction of sp³-hybridized carbons (Fsp3) is 0. The molecule has 0 heterocycles. The number of carbonyl (C=O) groups excluding carboxylic acids is 1. The Bertz CT molecular complexity index is 29.0. The van der Waals surface area contributed by atoms with Crippen LogP contribution in [0.1, 0.15) is 0 Å². The monoisotopic (exact) mass is 147 g/mol. The molecule has 0 aromatic rings. The first-order valence-electron chi connectivity index (χ1n) is 0.381. The van der Waals surface area contributed by atoms with Gasteiger partial charge in [-0.2, -0.15) is 0 Å². The van der Waals surface area contributed by atoms with Crippen LogP contribution in [-0.4, -0.2) is 4.79 Å². The quantitative estimate of drug-likeness (QED) is 0.426. The fourth-order valence-electron chi connectivity index (χ4n) is 0. The smallest absolute Gasteiger partial charge is 0 e. The van der Waals surface area contributed by atoms with Gasteiger partial charge in [0.2, 0.25) is 0 Å². The summed E-state index contributed by atoms with van der Waals surface area (Å²) in [7, 11) is 0. The first kappa shape index (κ1) is 8.82. The van der Waals surface area contributed by atoms with Crippen molar-refractivity contribution >= 4 is 4.79 Å². The van der Waals surface area contributed by atoms with E-state index in [2.05, 4.69) is 15.6 Å². The van der Waals surface area contributed by atoms with E-state index in [1.807, 2.05) is 0 Å². The van der Waals surface area contributed by atoms with E-state index in [0.29, 0.717) is 0 Å². The van der Waals surface area contributed by atoms with Crippen LogP contribution in [0.2, 0.25) is 0 Å². The third-order valence-corrected chi connectivity index (χ3v) is 0. The molecular weight excluding hydrogens is 147 g/mol. The molecule has 0 amide bonds. The zero-order valence-corrected chi connectivity index (χ0v) is 3.61. The molecule has 0 aromatic carbocycles. The molecule has 0 aliphatic rings. The molecule has 0 spiro atoms. The average molecular weight is 147 g/mol. The molecule has 0 bridgehead atoms. The van der Waals surface area contributed by atoms with Gasteiger partial charge in [-0.15, -0.1) is 0 Å². The summed E-state index contributed by atoms with van der Waals surface area (Å²) in [6, 6.07) is 0. The summed E-state index contributed by atoms with van der Waals surface area (Å²) in [6.07, 6.45) is 0. The molecule has 1 nitrogen and oxygen atoms in total. The number of rotatable bonds is 0. The van der Waals surface area contributed by atoms with Crippen molar-refractivity contribution < 1.29 is 37.4 Å². The molecule has 0 aliphatic carbocycles. The molecule has 0 unspecified atom stereocenters. The van der Waals surface area contributed by atoms with Gasteiger partial charge in [0.15, 0.2) is 0 Å². The molecule has 0 aromatic heterocycles. The average Bonchev–Trinajstić information content (AvgIpc) is 0.918. The van der Waals surface area contributed by atoms with Crippen LogP contribution in [0.5, 0.6) is 0 Å². The van der Waals surface area contributed by atoms with Crippen molar-refractivity contribution in [1.82, 2.24) is 0 Å². The molecule has 4 heavy (non-hydrogen) atoms. The first-order valence-corrected chi connectivity index (χ1v) is 0.933. The van der Waals surface area contributed by atoms with Crippen LogP contribution in [0.3, 0.4) is 0 Å². The molecule has 0 saturated carbocycles. The minimum absolute atomic E-state index is 0. The topological polar surface area (TPSA) is 17.1 Å². The Balaban J connectivity index is 0. The molecule has 0 atom stereocenters. The summed E-state index contributed by atoms with van der Waals surface area (Å²) >= 11 is 2.68. The minimum atomic E-state index is 0. The van der Waals surface area contributed by atoms with Crippen LogP contribution in [0.15, 0.2) is 0 Å². The van der Waals surface area contributed by atoms with Gasteiger partial charge >= 0.3 is 25.2 Å². The van der Waals surface area contributed by atoms with Crippen molar-refractivity contribution in [1.29, 1.82) is 0 Å². The van der Waals surface area contributed by atoms with Gasteiger partial charge in [-0.25, -0.2) is 0 Å². The maximum absolute atomic E-state index is 8.57. The summed E-state index contributed by atoms with van der Waals surface area (Å²) in [5, 5.41) is 0. The van der Waals surface area contributed by atoms with Gasteiger partial charge in [0.25, 0.3) is 0 Å². The molecule has 0 fully saturated rings. The van der Waals surface area contributed by atoms with E-state index >= 15 is 0 Å². The van der Waals surface area contributed by atoms with Crippen LogP contribution >= 0.6 is 0 Å². The molecule has 0 saturated heterocycles. The maximum atomic E-state index is 8.57. The molecule has 0 N–H and O–H groups in total. The Kier molecular flexibility index (Phi) is 20.9. The summed E-state index contributed by atoms with van der Waals surface area (Å²) in [5.41, 5.74) is 0. The van der Waals surface area contributed by atoms with Crippen molar-refractivity contribution in [3.05, 3.63) is 0 Å². The van der Waals surface area contributed by atoms with Crippen molar-refractivity contribution in [2.45, 2.75) is 0 Å². The summed E-state index contributed by atoms with van der Waals surface area (Å²) < 4.78 is 0. The van der Waals surface area contributed by atoms with Gasteiger partial charge in [-0.3, -0.25) is 0 Å². The zero-order chi connectivity index (χ0) is 2.71. The van der Waals surface area contributed by atoms with Crippen molar-refractivity contribution in [3.63, 3.8) is 0 Å². The Morgan fingerprint density at radius 1 is 1.75 bits per heavy atom. The molecular formula is CCuFeO. The molecule has 3 heteroatoms. The van der Waals surface area contributed by atoms with E-state index in [-0.39, 0.29) is 17.1 Å². The van der Waals surface area contributed by atoms with E-state index in [4.69, 9.17) is 4.79 Å². The predicted molar refractivity (Wildman–Crippen MR) is 5.69 cm³/mol. The van der Waals surface area contributed by atoms with Gasteiger partial charge in [0, 0.05) is 17.1 Å². The summed E-state index contributed by atoms with van der Waals surface area (Å²) in [5.74, 6) is 0. The molecule has 0 aliphatic heterocycles. The molecule has 29 valence electrons. The summed E-state index contributed by atoms with van der Waals surface area (Å²) in [4.78, 5) is 9.82. The summed E-state index contributed by atoms with van der Waals surface area (Å²) in [6.45, 7) is 0. The molecule has 0 rings (SSSR count). The Hall–Kier alpha value is 0.619. The minimum Gasteiger partial charge on any atom is 0 e. The Morgan fingerprint density at radius 2 is 1.75 bits per heavy atom. The van der Waals surface area contributed by atoms with Crippen molar-refractivity contribution in [2.75, 3.05) is 0 Å². The SMILES string of the molecule is O=[C]=[Fe].[Cu]. The predicted octanol–water partition coefficient (Wildman–Crippen LogP) is -0.402. The Labute approximate surface area is 42.6 Å². The van der Waals surface area contributed by atoms with Crippen LogP contribution < -0.4 is 0 Å². The second kappa shape index (κ2) is 9.47. The Morgan fingerprint density at radius 3 is 1.75 bits per heavy atom. The van der Waals surface area contributed by atoms with Crippen molar-refractivity contribution in [3.8, 4) is 0 Å². The van der Waals surface area contributed by atoms with Gasteiger partial charge < -0.3 is 0 Å². The van der Waals surface area contributed by atoms with Crippen molar-refractivity contribution in [2.24, 2.45) is 0 Å². The zero-order valence-electron chi connectivity index (χ0n) is 1.56. The second-order valence-corrected chi connectivity index (χ2v) is 0.298. The number of hydrogen-bond acceptors (Lipinski definition) is 1. The van der Waals surface area contributed by atoms with Crippen LogP contribution in [-0.2, 0) is 37.4 Å². The van der Waals surface area contributed by atoms with Gasteiger partial charge in [-0.05, 0) is 0 Å². The van der Waals surface area contributed by atoms with E-state index in [9.17, 15) is 0 Å².